The fourth-order valence-corrected chi connectivity index (χ4v) is 3.48. The summed E-state index contributed by atoms with van der Waals surface area (Å²) in [5, 5.41) is 0. The number of halogens is 1. The molecule has 1 aromatic carbocycles. The number of hydrogen-bond donors (Lipinski definition) is 0. The van der Waals surface area contributed by atoms with Crippen molar-refractivity contribution >= 4 is 23.4 Å². The topological polar surface area (TPSA) is 3.24 Å². The molecule has 0 aromatic heterocycles. The summed E-state index contributed by atoms with van der Waals surface area (Å²) in [4.78, 5) is 3.94. The van der Waals surface area contributed by atoms with Crippen LogP contribution in [-0.2, 0) is 0 Å². The first kappa shape index (κ1) is 13.3. The van der Waals surface area contributed by atoms with E-state index in [0.717, 1.165) is 5.88 Å². The summed E-state index contributed by atoms with van der Waals surface area (Å²) in [7, 11) is 0. The van der Waals surface area contributed by atoms with Gasteiger partial charge in [-0.2, -0.15) is 0 Å². The highest BCUT2D eigenvalue weighted by Crippen LogP contribution is 2.20. The van der Waals surface area contributed by atoms with Gasteiger partial charge in [-0.15, -0.1) is 23.4 Å². The Labute approximate surface area is 114 Å². The number of likely N-dealkylation sites (tertiary alicyclic amines) is 1. The highest BCUT2D eigenvalue weighted by atomic mass is 35.5. The molecule has 1 fully saturated rings. The van der Waals surface area contributed by atoms with Crippen molar-refractivity contribution in [2.45, 2.75) is 17.7 Å². The van der Waals surface area contributed by atoms with Crippen LogP contribution in [0.1, 0.15) is 12.8 Å². The quantitative estimate of drug-likeness (QED) is 0.592. The number of rotatable bonds is 5. The average Bonchev–Trinajstić information content (AvgIpc) is 2.40. The van der Waals surface area contributed by atoms with Gasteiger partial charge in [0.25, 0.3) is 0 Å². The van der Waals surface area contributed by atoms with Crippen molar-refractivity contribution in [2.75, 3.05) is 31.3 Å². The van der Waals surface area contributed by atoms with Gasteiger partial charge in [0.15, 0.2) is 0 Å². The molecule has 0 saturated carbocycles. The van der Waals surface area contributed by atoms with Gasteiger partial charge < -0.3 is 4.90 Å². The fourth-order valence-electron chi connectivity index (χ4n) is 2.29. The molecule has 0 spiro atoms. The third-order valence-electron chi connectivity index (χ3n) is 3.24. The van der Waals surface area contributed by atoms with E-state index in [0.29, 0.717) is 5.92 Å². The predicted octanol–water partition coefficient (Wildman–Crippen LogP) is 3.73. The zero-order valence-electron chi connectivity index (χ0n) is 10.1. The minimum atomic E-state index is 0.715. The largest absolute Gasteiger partial charge is 0.302 e. The molecular weight excluding hydrogens is 250 g/mol. The molecule has 1 unspecified atom stereocenters. The van der Waals surface area contributed by atoms with E-state index in [1.54, 1.807) is 0 Å². The van der Waals surface area contributed by atoms with E-state index in [-0.39, 0.29) is 0 Å². The Morgan fingerprint density at radius 3 is 2.88 bits per heavy atom. The van der Waals surface area contributed by atoms with Crippen LogP contribution in [0.15, 0.2) is 35.2 Å². The van der Waals surface area contributed by atoms with Gasteiger partial charge in [-0.1, -0.05) is 18.2 Å². The van der Waals surface area contributed by atoms with Crippen LogP contribution in [0.4, 0.5) is 0 Å². The summed E-state index contributed by atoms with van der Waals surface area (Å²) in [6.07, 6.45) is 2.62. The molecule has 1 nitrogen and oxygen atoms in total. The summed E-state index contributed by atoms with van der Waals surface area (Å²) in [5.41, 5.74) is 0. The average molecular weight is 270 g/mol. The van der Waals surface area contributed by atoms with E-state index in [4.69, 9.17) is 11.6 Å². The van der Waals surface area contributed by atoms with E-state index < -0.39 is 0 Å². The number of benzene rings is 1. The maximum absolute atomic E-state index is 5.94. The minimum absolute atomic E-state index is 0.715. The van der Waals surface area contributed by atoms with Crippen LogP contribution in [0, 0.1) is 5.92 Å². The summed E-state index contributed by atoms with van der Waals surface area (Å²) in [6.45, 7) is 3.63. The zero-order valence-corrected chi connectivity index (χ0v) is 11.7. The Balaban J connectivity index is 1.68. The molecule has 1 atom stereocenters. The molecule has 94 valence electrons. The summed E-state index contributed by atoms with van der Waals surface area (Å²) in [6, 6.07) is 10.6. The second-order valence-corrected chi connectivity index (χ2v) is 6.10. The van der Waals surface area contributed by atoms with E-state index >= 15 is 0 Å². The summed E-state index contributed by atoms with van der Waals surface area (Å²) in [5.74, 6) is 2.72. The Morgan fingerprint density at radius 1 is 1.29 bits per heavy atom. The molecule has 1 aliphatic rings. The Kier molecular flexibility index (Phi) is 5.69. The lowest BCUT2D eigenvalue weighted by Gasteiger charge is -2.31. The first-order chi connectivity index (χ1) is 8.38. The maximum Gasteiger partial charge on any atom is 0.0263 e. The van der Waals surface area contributed by atoms with Gasteiger partial charge in [0.2, 0.25) is 0 Å². The zero-order chi connectivity index (χ0) is 11.9. The van der Waals surface area contributed by atoms with Gasteiger partial charge in [-0.25, -0.2) is 0 Å². The first-order valence-corrected chi connectivity index (χ1v) is 7.86. The number of nitrogens with zero attached hydrogens (tertiary/aromatic N) is 1. The van der Waals surface area contributed by atoms with Gasteiger partial charge >= 0.3 is 0 Å². The molecule has 0 radical (unpaired) electrons. The van der Waals surface area contributed by atoms with Gasteiger partial charge in [0.05, 0.1) is 0 Å². The lowest BCUT2D eigenvalue weighted by atomic mass is 10.0. The highest BCUT2D eigenvalue weighted by molar-refractivity contribution is 7.99. The minimum Gasteiger partial charge on any atom is -0.302 e. The first-order valence-electron chi connectivity index (χ1n) is 6.34. The molecule has 0 aliphatic carbocycles. The molecule has 1 saturated heterocycles. The van der Waals surface area contributed by atoms with Gasteiger partial charge in [-0.05, 0) is 37.4 Å². The lowest BCUT2D eigenvalue weighted by Crippen LogP contribution is -2.37. The number of thioether (sulfide) groups is 1. The van der Waals surface area contributed by atoms with E-state index in [1.165, 1.54) is 43.1 Å². The molecule has 1 heterocycles. The van der Waals surface area contributed by atoms with Crippen LogP contribution in [0.25, 0.3) is 0 Å². The number of piperidine rings is 1. The predicted molar refractivity (Wildman–Crippen MR) is 77.1 cm³/mol. The smallest absolute Gasteiger partial charge is 0.0263 e. The Morgan fingerprint density at radius 2 is 2.12 bits per heavy atom. The van der Waals surface area contributed by atoms with Crippen LogP contribution in [0.5, 0.6) is 0 Å². The monoisotopic (exact) mass is 269 g/mol. The van der Waals surface area contributed by atoms with Crippen molar-refractivity contribution < 1.29 is 0 Å². The lowest BCUT2D eigenvalue weighted by molar-refractivity contribution is 0.196. The molecule has 3 heteroatoms. The Hall–Kier alpha value is -0.180. The highest BCUT2D eigenvalue weighted by Gasteiger charge is 2.18. The number of hydrogen-bond acceptors (Lipinski definition) is 2. The van der Waals surface area contributed by atoms with Crippen LogP contribution < -0.4 is 0 Å². The molecule has 17 heavy (non-hydrogen) atoms. The standard InChI is InChI=1S/C14H20ClNS/c15-11-13-5-4-8-16(12-13)9-10-17-14-6-2-1-3-7-14/h1-3,6-7,13H,4-5,8-12H2. The SMILES string of the molecule is ClCC1CCCN(CCSc2ccccc2)C1. The van der Waals surface area contributed by atoms with Gasteiger partial charge in [0.1, 0.15) is 0 Å². The third-order valence-corrected chi connectivity index (χ3v) is 4.67. The van der Waals surface area contributed by atoms with Gasteiger partial charge in [-0.3, -0.25) is 0 Å². The molecule has 1 aliphatic heterocycles. The molecule has 0 N–H and O–H groups in total. The van der Waals surface area contributed by atoms with Crippen molar-refractivity contribution in [1.82, 2.24) is 4.90 Å². The normalized spacial score (nSPS) is 21.6. The summed E-state index contributed by atoms with van der Waals surface area (Å²) < 4.78 is 0. The molecule has 2 rings (SSSR count). The van der Waals surface area contributed by atoms with Crippen molar-refractivity contribution in [1.29, 1.82) is 0 Å². The Bertz CT molecular complexity index is 317. The fraction of sp³-hybridized carbons (Fsp3) is 0.571. The van der Waals surface area contributed by atoms with Gasteiger partial charge in [0, 0.05) is 29.6 Å². The molecule has 0 bridgehead atoms. The third kappa shape index (κ3) is 4.53. The van der Waals surface area contributed by atoms with Crippen molar-refractivity contribution in [3.8, 4) is 0 Å². The molecular formula is C14H20ClNS. The van der Waals surface area contributed by atoms with Crippen LogP contribution in [0.2, 0.25) is 0 Å². The van der Waals surface area contributed by atoms with E-state index in [1.807, 2.05) is 11.8 Å². The van der Waals surface area contributed by atoms with E-state index in [2.05, 4.69) is 35.2 Å². The second-order valence-electron chi connectivity index (χ2n) is 4.62. The number of alkyl halides is 1. The van der Waals surface area contributed by atoms with Crippen LogP contribution >= 0.6 is 23.4 Å². The molecule has 0 amide bonds. The van der Waals surface area contributed by atoms with Crippen molar-refractivity contribution in [2.24, 2.45) is 5.92 Å². The maximum atomic E-state index is 5.94. The van der Waals surface area contributed by atoms with Crippen molar-refractivity contribution in [3.05, 3.63) is 30.3 Å². The van der Waals surface area contributed by atoms with Crippen molar-refractivity contribution in [3.63, 3.8) is 0 Å². The molecule has 1 aromatic rings. The second kappa shape index (κ2) is 7.30. The van der Waals surface area contributed by atoms with E-state index in [9.17, 15) is 0 Å². The summed E-state index contributed by atoms with van der Waals surface area (Å²) >= 11 is 7.89. The van der Waals surface area contributed by atoms with Crippen LogP contribution in [-0.4, -0.2) is 36.2 Å². The van der Waals surface area contributed by atoms with Crippen LogP contribution in [0.3, 0.4) is 0 Å².